The Labute approximate surface area is 248 Å². The van der Waals surface area contributed by atoms with Gasteiger partial charge in [-0.1, -0.05) is 12.1 Å². The number of phenolic OH excluding ortho intramolecular Hbond substituents is 1. The average molecular weight is 608 g/mol. The molecule has 1 aliphatic heterocycles. The number of aromatic hydroxyl groups is 1. The fraction of sp³-hybridized carbons (Fsp3) is 0.556. The van der Waals surface area contributed by atoms with E-state index in [4.69, 9.17) is 21.7 Å². The number of carboxylic acids is 1. The van der Waals surface area contributed by atoms with E-state index in [-0.39, 0.29) is 25.1 Å². The predicted molar refractivity (Wildman–Crippen MR) is 152 cm³/mol. The molecule has 16 heteroatoms. The van der Waals surface area contributed by atoms with Crippen molar-refractivity contribution < 1.29 is 44.1 Å². The van der Waals surface area contributed by atoms with Gasteiger partial charge in [0.2, 0.25) is 29.5 Å². The number of hydrogen-bond donors (Lipinski definition) is 9. The maximum Gasteiger partial charge on any atom is 0.328 e. The summed E-state index contributed by atoms with van der Waals surface area (Å²) in [7, 11) is 0. The molecule has 16 nitrogen and oxygen atoms in total. The van der Waals surface area contributed by atoms with Crippen LogP contribution in [-0.4, -0.2) is 113 Å². The molecule has 0 spiro atoms. The summed E-state index contributed by atoms with van der Waals surface area (Å²) in [6, 6.07) is 1.79. The van der Waals surface area contributed by atoms with Gasteiger partial charge >= 0.3 is 5.97 Å². The van der Waals surface area contributed by atoms with E-state index in [0.717, 1.165) is 5.56 Å². The molecular formula is C27H41N7O9. The van der Waals surface area contributed by atoms with Gasteiger partial charge in [0.25, 0.3) is 0 Å². The molecular weight excluding hydrogens is 566 g/mol. The molecule has 0 radical (unpaired) electrons. The Kier molecular flexibility index (Phi) is 14.3. The fourth-order valence-corrected chi connectivity index (χ4v) is 4.49. The van der Waals surface area contributed by atoms with Crippen LogP contribution in [0, 0.1) is 0 Å². The highest BCUT2D eigenvalue weighted by atomic mass is 16.4. The van der Waals surface area contributed by atoms with E-state index in [1.807, 2.05) is 0 Å². The first kappa shape index (κ1) is 34.9. The van der Waals surface area contributed by atoms with Crippen molar-refractivity contribution in [2.45, 2.75) is 62.7 Å². The number of aliphatic hydroxyl groups is 1. The Hall–Kier alpha value is -4.28. The van der Waals surface area contributed by atoms with E-state index < -0.39 is 79.4 Å². The van der Waals surface area contributed by atoms with E-state index in [2.05, 4.69) is 21.3 Å². The number of unbranched alkanes of at least 4 members (excludes halogenated alkanes) is 1. The summed E-state index contributed by atoms with van der Waals surface area (Å²) >= 11 is 0. The van der Waals surface area contributed by atoms with Crippen LogP contribution in [0.3, 0.4) is 0 Å². The molecule has 1 heterocycles. The van der Waals surface area contributed by atoms with Gasteiger partial charge < -0.3 is 53.0 Å². The van der Waals surface area contributed by atoms with Gasteiger partial charge in [0.1, 0.15) is 23.9 Å². The maximum atomic E-state index is 13.5. The second kappa shape index (κ2) is 17.6. The largest absolute Gasteiger partial charge is 0.508 e. The van der Waals surface area contributed by atoms with E-state index in [1.54, 1.807) is 12.1 Å². The number of carbonyl (C=O) groups excluding carboxylic acids is 5. The normalized spacial score (nSPS) is 16.4. The van der Waals surface area contributed by atoms with Crippen LogP contribution in [0.5, 0.6) is 5.75 Å². The minimum Gasteiger partial charge on any atom is -0.508 e. The van der Waals surface area contributed by atoms with Gasteiger partial charge in [-0.15, -0.1) is 0 Å². The lowest BCUT2D eigenvalue weighted by molar-refractivity contribution is -0.143. The van der Waals surface area contributed by atoms with Crippen molar-refractivity contribution in [1.82, 2.24) is 26.2 Å². The van der Waals surface area contributed by atoms with E-state index in [0.29, 0.717) is 32.2 Å². The van der Waals surface area contributed by atoms with Crippen molar-refractivity contribution in [3.8, 4) is 5.75 Å². The second-order valence-corrected chi connectivity index (χ2v) is 10.1. The highest BCUT2D eigenvalue weighted by molar-refractivity contribution is 5.95. The van der Waals surface area contributed by atoms with Crippen molar-refractivity contribution in [2.24, 2.45) is 11.5 Å². The first-order valence-corrected chi connectivity index (χ1v) is 14.0. The highest BCUT2D eigenvalue weighted by Crippen LogP contribution is 2.20. The Balaban J connectivity index is 1.95. The van der Waals surface area contributed by atoms with Crippen LogP contribution in [-0.2, 0) is 35.2 Å². The molecule has 2 rings (SSSR count). The number of carbonyl (C=O) groups is 6. The molecule has 0 aliphatic carbocycles. The number of nitrogens with one attached hydrogen (secondary N) is 4. The number of hydrogen-bond acceptors (Lipinski definition) is 10. The number of benzene rings is 1. The zero-order chi connectivity index (χ0) is 31.9. The standard InChI is InChI=1S/C27H41N7O9/c28-10-2-1-4-19(32-22(37)13-30-24(39)18(29)12-16-6-8-17(36)9-7-16)26(41)34-11-3-5-21(34)25(40)31-14-23(38)33-20(15-35)27(42)43/h6-9,18-21,35-36H,1-5,10-15,28-29H2,(H,30,39)(H,31,40)(H,32,37)(H,33,38)(H,42,43)/t18-,19-,20-,21-/m0/s1. The monoisotopic (exact) mass is 607 g/mol. The number of carboxylic acid groups (broad SMARTS) is 1. The molecule has 11 N–H and O–H groups in total. The van der Waals surface area contributed by atoms with E-state index in [9.17, 15) is 33.9 Å². The van der Waals surface area contributed by atoms with Crippen molar-refractivity contribution in [2.75, 3.05) is 32.8 Å². The van der Waals surface area contributed by atoms with E-state index in [1.165, 1.54) is 17.0 Å². The lowest BCUT2D eigenvalue weighted by Crippen LogP contribution is -2.55. The first-order valence-electron chi connectivity index (χ1n) is 14.0. The van der Waals surface area contributed by atoms with Crippen LogP contribution < -0.4 is 32.7 Å². The summed E-state index contributed by atoms with van der Waals surface area (Å²) in [4.78, 5) is 75.7. The van der Waals surface area contributed by atoms with Gasteiger partial charge in [0.15, 0.2) is 0 Å². The number of aliphatic hydroxyl groups excluding tert-OH is 1. The third kappa shape index (κ3) is 11.5. The Morgan fingerprint density at radius 1 is 0.953 bits per heavy atom. The molecule has 4 atom stereocenters. The molecule has 1 aromatic rings. The second-order valence-electron chi connectivity index (χ2n) is 10.1. The molecule has 1 aromatic carbocycles. The predicted octanol–water partition coefficient (Wildman–Crippen LogP) is -3.34. The van der Waals surface area contributed by atoms with Gasteiger partial charge in [0.05, 0.1) is 25.7 Å². The molecule has 1 fully saturated rings. The van der Waals surface area contributed by atoms with Crippen LogP contribution in [0.1, 0.15) is 37.7 Å². The van der Waals surface area contributed by atoms with Crippen LogP contribution in [0.15, 0.2) is 24.3 Å². The summed E-state index contributed by atoms with van der Waals surface area (Å²) in [5.41, 5.74) is 12.2. The number of phenols is 1. The third-order valence-corrected chi connectivity index (χ3v) is 6.81. The summed E-state index contributed by atoms with van der Waals surface area (Å²) in [5, 5.41) is 36.9. The molecule has 5 amide bonds. The number of rotatable bonds is 17. The maximum absolute atomic E-state index is 13.5. The summed E-state index contributed by atoms with van der Waals surface area (Å²) in [5.74, 6) is -4.54. The fourth-order valence-electron chi connectivity index (χ4n) is 4.49. The number of amides is 5. The summed E-state index contributed by atoms with van der Waals surface area (Å²) in [6.45, 7) is -1.21. The van der Waals surface area contributed by atoms with Gasteiger partial charge in [-0.25, -0.2) is 4.79 Å². The first-order chi connectivity index (χ1) is 20.5. The summed E-state index contributed by atoms with van der Waals surface area (Å²) < 4.78 is 0. The van der Waals surface area contributed by atoms with Gasteiger partial charge in [-0.2, -0.15) is 0 Å². The zero-order valence-corrected chi connectivity index (χ0v) is 23.8. The van der Waals surface area contributed by atoms with Gasteiger partial charge in [-0.3, -0.25) is 24.0 Å². The molecule has 0 bridgehead atoms. The van der Waals surface area contributed by atoms with Crippen LogP contribution in [0.25, 0.3) is 0 Å². The molecule has 238 valence electrons. The smallest absolute Gasteiger partial charge is 0.328 e. The minimum atomic E-state index is -1.52. The number of likely N-dealkylation sites (tertiary alicyclic amines) is 1. The SMILES string of the molecule is NCCCC[C@H](NC(=O)CNC(=O)[C@@H](N)Cc1ccc(O)cc1)C(=O)N1CCC[C@H]1C(=O)NCC(=O)N[C@@H](CO)C(=O)O. The molecule has 0 saturated carbocycles. The number of aliphatic carboxylic acids is 1. The van der Waals surface area contributed by atoms with Gasteiger partial charge in [0, 0.05) is 6.54 Å². The van der Waals surface area contributed by atoms with Crippen molar-refractivity contribution in [1.29, 1.82) is 0 Å². The summed E-state index contributed by atoms with van der Waals surface area (Å²) in [6.07, 6.45) is 2.33. The highest BCUT2D eigenvalue weighted by Gasteiger charge is 2.37. The lowest BCUT2D eigenvalue weighted by Gasteiger charge is -2.29. The van der Waals surface area contributed by atoms with Crippen molar-refractivity contribution in [3.63, 3.8) is 0 Å². The Morgan fingerprint density at radius 3 is 2.19 bits per heavy atom. The van der Waals surface area contributed by atoms with Crippen LogP contribution in [0.4, 0.5) is 0 Å². The van der Waals surface area contributed by atoms with Gasteiger partial charge in [-0.05, 0) is 62.8 Å². The molecule has 43 heavy (non-hydrogen) atoms. The van der Waals surface area contributed by atoms with Crippen molar-refractivity contribution in [3.05, 3.63) is 29.8 Å². The minimum absolute atomic E-state index is 0.0761. The zero-order valence-electron chi connectivity index (χ0n) is 23.8. The quantitative estimate of drug-likeness (QED) is 0.0790. The molecule has 0 unspecified atom stereocenters. The van der Waals surface area contributed by atoms with Crippen LogP contribution in [0.2, 0.25) is 0 Å². The topological polar surface area (TPSA) is 267 Å². The average Bonchev–Trinajstić information content (AvgIpc) is 3.47. The molecule has 0 aromatic heterocycles. The van der Waals surface area contributed by atoms with Crippen LogP contribution >= 0.6 is 0 Å². The molecule has 1 saturated heterocycles. The Bertz CT molecular complexity index is 1130. The Morgan fingerprint density at radius 2 is 1.58 bits per heavy atom. The number of nitrogens with zero attached hydrogens (tertiary/aromatic N) is 1. The third-order valence-electron chi connectivity index (χ3n) is 6.81. The lowest BCUT2D eigenvalue weighted by atomic mass is 10.1. The number of nitrogens with two attached hydrogens (primary N) is 2. The van der Waals surface area contributed by atoms with Crippen molar-refractivity contribution >= 4 is 35.5 Å². The van der Waals surface area contributed by atoms with E-state index >= 15 is 0 Å². The molecule has 1 aliphatic rings.